The van der Waals surface area contributed by atoms with Gasteiger partial charge in [-0.15, -0.1) is 0 Å². The minimum atomic E-state index is -6.17. The Bertz CT molecular complexity index is 97.2. The molecule has 4 nitrogen and oxygen atoms in total. The van der Waals surface area contributed by atoms with Crippen molar-refractivity contribution in [2.24, 2.45) is 0 Å². The van der Waals surface area contributed by atoms with E-state index in [2.05, 4.69) is 0 Å². The van der Waals surface area contributed by atoms with Crippen molar-refractivity contribution >= 4 is 9.90 Å². The Morgan fingerprint density at radius 3 is 1.00 bits per heavy atom. The van der Waals surface area contributed by atoms with Gasteiger partial charge in [-0.05, 0) is 0 Å². The zero-order chi connectivity index (χ0) is 4.50. The van der Waals surface area contributed by atoms with Crippen molar-refractivity contribution < 1.29 is 134 Å². The van der Waals surface area contributed by atoms with E-state index in [0.717, 1.165) is 0 Å². The summed E-state index contributed by atoms with van der Waals surface area (Å²) in [5.74, 6) is 0. The molecule has 8 heavy (non-hydrogen) atoms. The van der Waals surface area contributed by atoms with Gasteiger partial charge in [-0.25, -0.2) is 0 Å². The van der Waals surface area contributed by atoms with Gasteiger partial charge in [0.25, 0.3) is 0 Å². The molecular weight excluding hydrogens is 357 g/mol. The van der Waals surface area contributed by atoms with Gasteiger partial charge in [0.05, 0.1) is 0 Å². The molecule has 0 aliphatic rings. The molecule has 0 N–H and O–H groups in total. The fourth-order valence-corrected chi connectivity index (χ4v) is 0. The van der Waals surface area contributed by atoms with Crippen LogP contribution in [0.5, 0.6) is 0 Å². The van der Waals surface area contributed by atoms with Crippen molar-refractivity contribution in [2.45, 2.75) is 0 Å². The molecule has 40 valence electrons. The monoisotopic (exact) mass is 360 g/mol. The van der Waals surface area contributed by atoms with Gasteiger partial charge in [0.1, 0.15) is 0 Å². The average molecular weight is 360 g/mol. The third-order valence-corrected chi connectivity index (χ3v) is 0. The van der Waals surface area contributed by atoms with E-state index < -0.39 is 16.7 Å². The summed E-state index contributed by atoms with van der Waals surface area (Å²) >= 11 is -6.17. The standard InChI is InChI=1S/2K.4O.H3P.W/h;;;;;;1H3;/q2*+1;;;2*-1;;. The van der Waals surface area contributed by atoms with E-state index >= 15 is 0 Å². The topological polar surface area (TPSA) is 80.3 Å². The summed E-state index contributed by atoms with van der Waals surface area (Å²) in [6.45, 7) is 0. The van der Waals surface area contributed by atoms with Gasteiger partial charge in [-0.3, -0.25) is 0 Å². The molecule has 0 heterocycles. The van der Waals surface area contributed by atoms with Crippen LogP contribution in [0.3, 0.4) is 0 Å². The molecule has 8 heteroatoms. The SMILES string of the molecule is P.[K+].[K+].[O]=[W](=[O])([O-])[O-]. The first-order chi connectivity index (χ1) is 2.00. The van der Waals surface area contributed by atoms with Crippen LogP contribution in [-0.2, 0) is 23.5 Å². The second-order valence-electron chi connectivity index (χ2n) is 0.408. The number of hydrogen-bond acceptors (Lipinski definition) is 4. The molecule has 0 saturated carbocycles. The number of hydrogen-bond donors (Lipinski definition) is 0. The second-order valence-corrected chi connectivity index (χ2v) is 3.34. The Labute approximate surface area is 139 Å². The zero-order valence-electron chi connectivity index (χ0n) is 4.75. The first kappa shape index (κ1) is 22.7. The predicted octanol–water partition coefficient (Wildman–Crippen LogP) is -8.55. The molecule has 0 fully saturated rings. The molecule has 0 aromatic heterocycles. The molecule has 0 rings (SSSR count). The van der Waals surface area contributed by atoms with Crippen LogP contribution < -0.4 is 110 Å². The number of rotatable bonds is 0. The average Bonchev–Trinajstić information content (AvgIpc) is 0.722. The van der Waals surface area contributed by atoms with Crippen LogP contribution in [0.4, 0.5) is 0 Å². The van der Waals surface area contributed by atoms with Crippen LogP contribution >= 0.6 is 9.90 Å². The van der Waals surface area contributed by atoms with Crippen LogP contribution in [0, 0.1) is 0 Å². The van der Waals surface area contributed by atoms with Gasteiger partial charge in [0.2, 0.25) is 0 Å². The maximum atomic E-state index is 8.65. The zero-order valence-corrected chi connectivity index (χ0v) is 15.3. The van der Waals surface area contributed by atoms with E-state index in [1.54, 1.807) is 0 Å². The molecule has 0 radical (unpaired) electrons. The molecule has 1 atom stereocenters. The molecule has 0 aromatic rings. The van der Waals surface area contributed by atoms with Crippen LogP contribution in [-0.4, -0.2) is 0 Å². The van der Waals surface area contributed by atoms with E-state index in [0.29, 0.717) is 0 Å². The summed E-state index contributed by atoms with van der Waals surface area (Å²) in [5, 5.41) is 0. The van der Waals surface area contributed by atoms with Crippen molar-refractivity contribution in [3.63, 3.8) is 0 Å². The first-order valence-corrected chi connectivity index (χ1v) is 5.46. The van der Waals surface area contributed by atoms with Crippen LogP contribution in [0.2, 0.25) is 0 Å². The maximum absolute atomic E-state index is 8.65. The Hall–Kier alpha value is 3.91. The molecular formula is H3K2O4PW. The first-order valence-electron chi connectivity index (χ1n) is 0.667. The van der Waals surface area contributed by atoms with Crippen LogP contribution in [0.25, 0.3) is 0 Å². The normalized spacial score (nSPS) is 7.25. The van der Waals surface area contributed by atoms with Gasteiger partial charge in [0, 0.05) is 0 Å². The van der Waals surface area contributed by atoms with E-state index in [1.165, 1.54) is 0 Å². The van der Waals surface area contributed by atoms with E-state index in [-0.39, 0.29) is 113 Å². The molecule has 1 unspecified atom stereocenters. The van der Waals surface area contributed by atoms with Crippen molar-refractivity contribution in [3.8, 4) is 0 Å². The van der Waals surface area contributed by atoms with E-state index in [1.807, 2.05) is 0 Å². The summed E-state index contributed by atoms with van der Waals surface area (Å²) in [4.78, 5) is 0. The molecule has 0 saturated heterocycles. The summed E-state index contributed by atoms with van der Waals surface area (Å²) in [6.07, 6.45) is 0. The molecule has 0 spiro atoms. The Morgan fingerprint density at radius 1 is 1.00 bits per heavy atom. The third kappa shape index (κ3) is 51.5. The fraction of sp³-hybridized carbons (Fsp3) is 0. The summed E-state index contributed by atoms with van der Waals surface area (Å²) < 4.78 is 34.6. The molecule has 0 bridgehead atoms. The predicted molar refractivity (Wildman–Crippen MR) is 12.5 cm³/mol. The Kier molecular flexibility index (Phi) is 30.9. The molecule has 0 amide bonds. The fourth-order valence-electron chi connectivity index (χ4n) is 0. The van der Waals surface area contributed by atoms with Gasteiger partial charge < -0.3 is 0 Å². The molecule has 0 aliphatic heterocycles. The van der Waals surface area contributed by atoms with Crippen LogP contribution in [0.15, 0.2) is 0 Å². The molecule has 0 aromatic carbocycles. The van der Waals surface area contributed by atoms with Crippen molar-refractivity contribution in [3.05, 3.63) is 0 Å². The Morgan fingerprint density at radius 2 is 1.00 bits per heavy atom. The minimum absolute atomic E-state index is 0. The quantitative estimate of drug-likeness (QED) is 0.318. The van der Waals surface area contributed by atoms with Gasteiger partial charge >= 0.3 is 134 Å². The van der Waals surface area contributed by atoms with Gasteiger partial charge in [0.15, 0.2) is 0 Å². The van der Waals surface area contributed by atoms with Gasteiger partial charge in [-0.1, -0.05) is 0 Å². The summed E-state index contributed by atoms with van der Waals surface area (Å²) in [7, 11) is 0. The van der Waals surface area contributed by atoms with Crippen molar-refractivity contribution in [2.75, 3.05) is 0 Å². The van der Waals surface area contributed by atoms with Crippen molar-refractivity contribution in [1.82, 2.24) is 0 Å². The van der Waals surface area contributed by atoms with Gasteiger partial charge in [-0.2, -0.15) is 9.90 Å². The second kappa shape index (κ2) is 10.9. The summed E-state index contributed by atoms with van der Waals surface area (Å²) in [6, 6.07) is 0. The van der Waals surface area contributed by atoms with Crippen LogP contribution in [0.1, 0.15) is 0 Å². The van der Waals surface area contributed by atoms with E-state index in [4.69, 9.17) is 14.3 Å². The molecule has 0 aliphatic carbocycles. The van der Waals surface area contributed by atoms with Crippen molar-refractivity contribution in [1.29, 1.82) is 0 Å². The van der Waals surface area contributed by atoms with E-state index in [9.17, 15) is 0 Å². The Balaban J connectivity index is -0.0000000267. The third-order valence-electron chi connectivity index (χ3n) is 0. The summed E-state index contributed by atoms with van der Waals surface area (Å²) in [5.41, 5.74) is 0.